The minimum Gasteiger partial charge on any atom is -0.329 e. The molecule has 0 aromatic heterocycles. The van der Waals surface area contributed by atoms with Crippen LogP contribution in [-0.4, -0.2) is 12.6 Å². The average Bonchev–Trinajstić information content (AvgIpc) is 2.25. The largest absolute Gasteiger partial charge is 0.329 e. The maximum absolute atomic E-state index is 13.0. The molecular formula is C12H19FN2. The lowest BCUT2D eigenvalue weighted by molar-refractivity contribution is 0.450. The molecule has 1 rings (SSSR count). The second-order valence-electron chi connectivity index (χ2n) is 3.82. The molecule has 0 spiro atoms. The number of hydrogen-bond donors (Lipinski definition) is 2. The van der Waals surface area contributed by atoms with E-state index in [1.165, 1.54) is 12.1 Å². The van der Waals surface area contributed by atoms with Crippen LogP contribution in [0.5, 0.6) is 0 Å². The minimum absolute atomic E-state index is 0.0376. The number of halogens is 1. The van der Waals surface area contributed by atoms with Gasteiger partial charge in [-0.2, -0.15) is 0 Å². The summed E-state index contributed by atoms with van der Waals surface area (Å²) in [4.78, 5) is 0. The van der Waals surface area contributed by atoms with E-state index in [-0.39, 0.29) is 11.9 Å². The van der Waals surface area contributed by atoms with Crippen molar-refractivity contribution >= 4 is 0 Å². The second-order valence-corrected chi connectivity index (χ2v) is 3.82. The summed E-state index contributed by atoms with van der Waals surface area (Å²) in [5.74, 6) is -0.211. The Labute approximate surface area is 90.7 Å². The lowest BCUT2D eigenvalue weighted by Gasteiger charge is -2.21. The molecule has 1 aromatic rings. The highest BCUT2D eigenvalue weighted by Gasteiger charge is 2.11. The fourth-order valence-corrected chi connectivity index (χ4v) is 1.48. The molecule has 0 aliphatic carbocycles. The summed E-state index contributed by atoms with van der Waals surface area (Å²) in [6, 6.07) is 7.02. The number of nitrogens with two attached hydrogens (primary N) is 1. The highest BCUT2D eigenvalue weighted by atomic mass is 19.1. The van der Waals surface area contributed by atoms with E-state index in [2.05, 4.69) is 19.2 Å². The predicted molar refractivity (Wildman–Crippen MR) is 61.1 cm³/mol. The van der Waals surface area contributed by atoms with Crippen LogP contribution in [0, 0.1) is 5.82 Å². The van der Waals surface area contributed by atoms with Gasteiger partial charge in [0.25, 0.3) is 0 Å². The highest BCUT2D eigenvalue weighted by molar-refractivity contribution is 5.20. The van der Waals surface area contributed by atoms with Gasteiger partial charge in [0, 0.05) is 18.6 Å². The minimum atomic E-state index is -0.211. The van der Waals surface area contributed by atoms with Gasteiger partial charge in [-0.15, -0.1) is 0 Å². The molecule has 3 heteroatoms. The topological polar surface area (TPSA) is 38.0 Å². The van der Waals surface area contributed by atoms with Crippen LogP contribution in [0.4, 0.5) is 4.39 Å². The fraction of sp³-hybridized carbons (Fsp3) is 0.500. The Morgan fingerprint density at radius 1 is 1.47 bits per heavy atom. The van der Waals surface area contributed by atoms with Crippen LogP contribution in [0.3, 0.4) is 0 Å². The highest BCUT2D eigenvalue weighted by Crippen LogP contribution is 2.14. The van der Waals surface area contributed by atoms with Crippen LogP contribution < -0.4 is 11.1 Å². The molecule has 0 fully saturated rings. The average molecular weight is 210 g/mol. The number of rotatable bonds is 5. The Morgan fingerprint density at radius 2 is 2.20 bits per heavy atom. The molecule has 0 aliphatic heterocycles. The first kappa shape index (κ1) is 12.1. The van der Waals surface area contributed by atoms with Crippen LogP contribution in [0.2, 0.25) is 0 Å². The van der Waals surface area contributed by atoms with Crippen LogP contribution in [-0.2, 0) is 0 Å². The fourth-order valence-electron chi connectivity index (χ4n) is 1.48. The Hall–Kier alpha value is -0.930. The van der Waals surface area contributed by atoms with E-state index >= 15 is 0 Å². The van der Waals surface area contributed by atoms with Crippen molar-refractivity contribution in [2.24, 2.45) is 5.73 Å². The zero-order valence-corrected chi connectivity index (χ0v) is 9.33. The summed E-state index contributed by atoms with van der Waals surface area (Å²) >= 11 is 0. The Balaban J connectivity index is 2.73. The van der Waals surface area contributed by atoms with E-state index in [1.807, 2.05) is 6.07 Å². The van der Waals surface area contributed by atoms with Crippen LogP contribution in [0.25, 0.3) is 0 Å². The molecule has 0 aliphatic rings. The van der Waals surface area contributed by atoms with Gasteiger partial charge in [-0.3, -0.25) is 0 Å². The van der Waals surface area contributed by atoms with Gasteiger partial charge in [0.05, 0.1) is 0 Å². The third-order valence-electron chi connectivity index (χ3n) is 2.58. The zero-order valence-electron chi connectivity index (χ0n) is 9.33. The van der Waals surface area contributed by atoms with Gasteiger partial charge in [-0.05, 0) is 31.0 Å². The van der Waals surface area contributed by atoms with Gasteiger partial charge in [0.2, 0.25) is 0 Å². The molecule has 2 unspecified atom stereocenters. The molecule has 0 radical (unpaired) electrons. The maximum atomic E-state index is 13.0. The molecule has 0 saturated heterocycles. The Morgan fingerprint density at radius 3 is 2.73 bits per heavy atom. The second kappa shape index (κ2) is 5.83. The van der Waals surface area contributed by atoms with Crippen molar-refractivity contribution in [1.82, 2.24) is 5.32 Å². The number of hydrogen-bond acceptors (Lipinski definition) is 2. The zero-order chi connectivity index (χ0) is 11.3. The van der Waals surface area contributed by atoms with E-state index in [4.69, 9.17) is 5.73 Å². The van der Waals surface area contributed by atoms with Crippen molar-refractivity contribution < 1.29 is 4.39 Å². The summed E-state index contributed by atoms with van der Waals surface area (Å²) in [6.45, 7) is 4.69. The van der Waals surface area contributed by atoms with Gasteiger partial charge >= 0.3 is 0 Å². The van der Waals surface area contributed by atoms with Gasteiger partial charge in [0.15, 0.2) is 0 Å². The molecule has 2 atom stereocenters. The van der Waals surface area contributed by atoms with Crippen molar-refractivity contribution in [1.29, 1.82) is 0 Å². The van der Waals surface area contributed by atoms with E-state index in [0.29, 0.717) is 12.6 Å². The molecule has 15 heavy (non-hydrogen) atoms. The molecule has 1 aromatic carbocycles. The third kappa shape index (κ3) is 3.61. The first-order chi connectivity index (χ1) is 7.17. The van der Waals surface area contributed by atoms with E-state index < -0.39 is 0 Å². The van der Waals surface area contributed by atoms with Crippen LogP contribution in [0.15, 0.2) is 24.3 Å². The lowest BCUT2D eigenvalue weighted by atomic mass is 10.1. The molecular weight excluding hydrogens is 191 g/mol. The first-order valence-electron chi connectivity index (χ1n) is 5.39. The summed E-state index contributed by atoms with van der Waals surface area (Å²) in [5.41, 5.74) is 6.59. The predicted octanol–water partition coefficient (Wildman–Crippen LogP) is 2.21. The summed E-state index contributed by atoms with van der Waals surface area (Å²) in [6.07, 6.45) is 1.03. The molecule has 0 heterocycles. The normalized spacial score (nSPS) is 14.9. The monoisotopic (exact) mass is 210 g/mol. The molecule has 3 N–H and O–H groups in total. The SMILES string of the molecule is CCC(C)NC(CN)c1cccc(F)c1. The van der Waals surface area contributed by atoms with E-state index in [1.54, 1.807) is 6.07 Å². The molecule has 0 saturated carbocycles. The molecule has 2 nitrogen and oxygen atoms in total. The van der Waals surface area contributed by atoms with Crippen LogP contribution in [0.1, 0.15) is 31.9 Å². The first-order valence-corrected chi connectivity index (χ1v) is 5.39. The molecule has 0 bridgehead atoms. The summed E-state index contributed by atoms with van der Waals surface area (Å²) in [7, 11) is 0. The van der Waals surface area contributed by atoms with Crippen molar-refractivity contribution in [2.75, 3.05) is 6.54 Å². The van der Waals surface area contributed by atoms with Crippen molar-refractivity contribution in [3.63, 3.8) is 0 Å². The van der Waals surface area contributed by atoms with Crippen molar-refractivity contribution in [2.45, 2.75) is 32.4 Å². The van der Waals surface area contributed by atoms with Gasteiger partial charge in [-0.1, -0.05) is 19.1 Å². The maximum Gasteiger partial charge on any atom is 0.123 e. The lowest BCUT2D eigenvalue weighted by Crippen LogP contribution is -2.34. The van der Waals surface area contributed by atoms with Gasteiger partial charge in [0.1, 0.15) is 5.82 Å². The van der Waals surface area contributed by atoms with Gasteiger partial charge in [-0.25, -0.2) is 4.39 Å². The van der Waals surface area contributed by atoms with E-state index in [0.717, 1.165) is 12.0 Å². The molecule has 0 amide bonds. The van der Waals surface area contributed by atoms with Crippen molar-refractivity contribution in [3.05, 3.63) is 35.6 Å². The van der Waals surface area contributed by atoms with Crippen LogP contribution >= 0.6 is 0 Å². The van der Waals surface area contributed by atoms with E-state index in [9.17, 15) is 4.39 Å². The van der Waals surface area contributed by atoms with Gasteiger partial charge < -0.3 is 11.1 Å². The third-order valence-corrected chi connectivity index (χ3v) is 2.58. The standard InChI is InChI=1S/C12H19FN2/c1-3-9(2)15-12(8-14)10-5-4-6-11(13)7-10/h4-7,9,12,15H,3,8,14H2,1-2H3. The van der Waals surface area contributed by atoms with Crippen molar-refractivity contribution in [3.8, 4) is 0 Å². The summed E-state index contributed by atoms with van der Waals surface area (Å²) < 4.78 is 13.0. The number of nitrogens with one attached hydrogen (secondary N) is 1. The summed E-state index contributed by atoms with van der Waals surface area (Å²) in [5, 5.41) is 3.37. The smallest absolute Gasteiger partial charge is 0.123 e. The molecule has 84 valence electrons. The quantitative estimate of drug-likeness (QED) is 0.782. The Kier molecular flexibility index (Phi) is 4.72. The Bertz CT molecular complexity index is 301. The number of benzene rings is 1.